The lowest BCUT2D eigenvalue weighted by Crippen LogP contribution is -2.56. The quantitative estimate of drug-likeness (QED) is 0.407. The van der Waals surface area contributed by atoms with Gasteiger partial charge < -0.3 is 30.2 Å². The number of aldehydes is 1. The molecule has 10 nitrogen and oxygen atoms in total. The first-order chi connectivity index (χ1) is 15.6. The summed E-state index contributed by atoms with van der Waals surface area (Å²) >= 11 is 0. The van der Waals surface area contributed by atoms with Gasteiger partial charge in [0, 0.05) is 19.9 Å². The second-order valence-corrected chi connectivity index (χ2v) is 8.43. The number of hydrogen-bond acceptors (Lipinski definition) is 6. The third-order valence-corrected chi connectivity index (χ3v) is 5.35. The van der Waals surface area contributed by atoms with Crippen molar-refractivity contribution in [2.24, 2.45) is 5.92 Å². The average Bonchev–Trinajstić information content (AvgIpc) is 3.19. The largest absolute Gasteiger partial charge is 0.481 e. The number of ether oxygens (including phenoxy) is 1. The van der Waals surface area contributed by atoms with Gasteiger partial charge in [-0.1, -0.05) is 44.2 Å². The highest BCUT2D eigenvalue weighted by molar-refractivity contribution is 5.93. The van der Waals surface area contributed by atoms with Gasteiger partial charge in [0.25, 0.3) is 0 Å². The van der Waals surface area contributed by atoms with Gasteiger partial charge in [-0.05, 0) is 11.5 Å². The maximum atomic E-state index is 13.3. The molecule has 1 fully saturated rings. The van der Waals surface area contributed by atoms with Crippen molar-refractivity contribution in [2.75, 3.05) is 6.54 Å². The zero-order valence-electron chi connectivity index (χ0n) is 19.0. The number of benzene rings is 1. The van der Waals surface area contributed by atoms with Gasteiger partial charge in [0.2, 0.25) is 17.7 Å². The lowest BCUT2D eigenvalue weighted by Gasteiger charge is -2.30. The number of amides is 3. The lowest BCUT2D eigenvalue weighted by atomic mass is 10.0. The molecule has 1 heterocycles. The molecule has 0 radical (unpaired) electrons. The van der Waals surface area contributed by atoms with E-state index in [-0.39, 0.29) is 31.4 Å². The number of rotatable bonds is 11. The summed E-state index contributed by atoms with van der Waals surface area (Å²) in [5.74, 6) is -2.92. The van der Waals surface area contributed by atoms with Crippen LogP contribution in [-0.4, -0.2) is 70.8 Å². The summed E-state index contributed by atoms with van der Waals surface area (Å²) in [7, 11) is 0. The molecule has 0 spiro atoms. The van der Waals surface area contributed by atoms with E-state index in [9.17, 15) is 24.0 Å². The third kappa shape index (κ3) is 7.67. The average molecular weight is 462 g/mol. The Morgan fingerprint density at radius 2 is 1.85 bits per heavy atom. The van der Waals surface area contributed by atoms with E-state index in [1.807, 2.05) is 30.3 Å². The molecule has 3 amide bonds. The van der Waals surface area contributed by atoms with Gasteiger partial charge in [0.1, 0.15) is 18.4 Å². The highest BCUT2D eigenvalue weighted by atomic mass is 16.5. The van der Waals surface area contributed by atoms with E-state index in [0.717, 1.165) is 5.56 Å². The van der Waals surface area contributed by atoms with Crippen molar-refractivity contribution >= 4 is 30.0 Å². The Kier molecular flexibility index (Phi) is 9.53. The number of nitrogens with one attached hydrogen (secondary N) is 2. The van der Waals surface area contributed by atoms with Crippen LogP contribution in [0.2, 0.25) is 0 Å². The summed E-state index contributed by atoms with van der Waals surface area (Å²) in [6.45, 7) is 5.28. The lowest BCUT2D eigenvalue weighted by molar-refractivity contribution is -0.143. The molecule has 1 aliphatic heterocycles. The fraction of sp³-hybridized carbons (Fsp3) is 0.522. The summed E-state index contributed by atoms with van der Waals surface area (Å²) in [5.41, 5.74) is 0.934. The van der Waals surface area contributed by atoms with Crippen LogP contribution in [0.3, 0.4) is 0 Å². The highest BCUT2D eigenvalue weighted by Gasteiger charge is 2.43. The van der Waals surface area contributed by atoms with Gasteiger partial charge in [-0.2, -0.15) is 0 Å². The van der Waals surface area contributed by atoms with Crippen molar-refractivity contribution in [3.63, 3.8) is 0 Å². The number of carboxylic acids is 1. The minimum atomic E-state index is -1.23. The molecule has 1 saturated heterocycles. The van der Waals surface area contributed by atoms with E-state index in [1.54, 1.807) is 13.8 Å². The van der Waals surface area contributed by atoms with Gasteiger partial charge in [-0.3, -0.25) is 19.2 Å². The van der Waals surface area contributed by atoms with Crippen molar-refractivity contribution in [3.05, 3.63) is 35.9 Å². The number of carbonyl (C=O) groups excluding carboxylic acids is 4. The standard InChI is InChI=1S/C23H31N3O7/c1-14(2)21(24-15(3)28)23(32)26-11-18(33-13-16-7-5-4-6-8-16)10-19(26)22(31)25-17(12-27)9-20(29)30/h4-8,12,14,17-19,21H,9-11,13H2,1-3H3,(H,24,28)(H,25,31)(H,29,30)/t17-,18+,19-,21-/m0/s1. The smallest absolute Gasteiger partial charge is 0.305 e. The Labute approximate surface area is 192 Å². The Balaban J connectivity index is 2.20. The first kappa shape index (κ1) is 26.0. The molecule has 1 aromatic rings. The predicted octanol–water partition coefficient (Wildman–Crippen LogP) is 0.492. The summed E-state index contributed by atoms with van der Waals surface area (Å²) < 4.78 is 5.94. The van der Waals surface area contributed by atoms with E-state index < -0.39 is 48.4 Å². The maximum Gasteiger partial charge on any atom is 0.305 e. The van der Waals surface area contributed by atoms with Crippen molar-refractivity contribution < 1.29 is 33.8 Å². The monoisotopic (exact) mass is 461 g/mol. The second kappa shape index (κ2) is 12.1. The van der Waals surface area contributed by atoms with Crippen LogP contribution < -0.4 is 10.6 Å². The van der Waals surface area contributed by atoms with Crippen molar-refractivity contribution in [1.82, 2.24) is 15.5 Å². The number of aliphatic carboxylic acids is 1. The number of carbonyl (C=O) groups is 5. The van der Waals surface area contributed by atoms with Crippen LogP contribution in [0.5, 0.6) is 0 Å². The summed E-state index contributed by atoms with van der Waals surface area (Å²) in [4.78, 5) is 61.4. The minimum absolute atomic E-state index is 0.122. The number of nitrogens with zero attached hydrogens (tertiary/aromatic N) is 1. The molecule has 33 heavy (non-hydrogen) atoms. The highest BCUT2D eigenvalue weighted by Crippen LogP contribution is 2.24. The molecule has 180 valence electrons. The van der Waals surface area contributed by atoms with Gasteiger partial charge in [-0.15, -0.1) is 0 Å². The van der Waals surface area contributed by atoms with E-state index in [4.69, 9.17) is 9.84 Å². The molecule has 3 N–H and O–H groups in total. The van der Waals surface area contributed by atoms with Crippen LogP contribution in [0.25, 0.3) is 0 Å². The molecule has 0 aliphatic carbocycles. The van der Waals surface area contributed by atoms with Gasteiger partial charge >= 0.3 is 5.97 Å². The van der Waals surface area contributed by atoms with Crippen LogP contribution in [0.4, 0.5) is 0 Å². The predicted molar refractivity (Wildman–Crippen MR) is 118 cm³/mol. The molecule has 1 aromatic carbocycles. The molecule has 1 aliphatic rings. The zero-order valence-corrected chi connectivity index (χ0v) is 19.0. The fourth-order valence-electron chi connectivity index (χ4n) is 3.71. The topological polar surface area (TPSA) is 142 Å². The maximum absolute atomic E-state index is 13.3. The summed E-state index contributed by atoms with van der Waals surface area (Å²) in [5, 5.41) is 14.0. The molecule has 2 rings (SSSR count). The zero-order chi connectivity index (χ0) is 24.5. The van der Waals surface area contributed by atoms with Gasteiger partial charge in [-0.25, -0.2) is 0 Å². The van der Waals surface area contributed by atoms with E-state index in [0.29, 0.717) is 6.29 Å². The van der Waals surface area contributed by atoms with Crippen LogP contribution in [0.1, 0.15) is 39.2 Å². The molecule has 0 bridgehead atoms. The summed E-state index contributed by atoms with van der Waals surface area (Å²) in [6, 6.07) is 6.41. The minimum Gasteiger partial charge on any atom is -0.481 e. The molecule has 4 atom stereocenters. The first-order valence-corrected chi connectivity index (χ1v) is 10.8. The van der Waals surface area contributed by atoms with Crippen LogP contribution in [0, 0.1) is 5.92 Å². The molecule has 0 aromatic heterocycles. The number of hydrogen-bond donors (Lipinski definition) is 3. The molecule has 0 unspecified atom stereocenters. The summed E-state index contributed by atoms with van der Waals surface area (Å²) in [6.07, 6.45) is -0.493. The van der Waals surface area contributed by atoms with Crippen molar-refractivity contribution in [2.45, 2.75) is 64.4 Å². The van der Waals surface area contributed by atoms with Crippen molar-refractivity contribution in [1.29, 1.82) is 0 Å². The van der Waals surface area contributed by atoms with Crippen LogP contribution in [-0.2, 0) is 35.3 Å². The molecule has 10 heteroatoms. The number of carboxylic acid groups (broad SMARTS) is 1. The second-order valence-electron chi connectivity index (χ2n) is 8.43. The number of likely N-dealkylation sites (tertiary alicyclic amines) is 1. The molecular weight excluding hydrogens is 430 g/mol. The Morgan fingerprint density at radius 3 is 2.39 bits per heavy atom. The fourth-order valence-corrected chi connectivity index (χ4v) is 3.71. The van der Waals surface area contributed by atoms with Crippen LogP contribution >= 0.6 is 0 Å². The third-order valence-electron chi connectivity index (χ3n) is 5.35. The van der Waals surface area contributed by atoms with Gasteiger partial charge in [0.15, 0.2) is 0 Å². The van der Waals surface area contributed by atoms with Crippen molar-refractivity contribution in [3.8, 4) is 0 Å². The van der Waals surface area contributed by atoms with E-state index in [1.165, 1.54) is 11.8 Å². The Bertz CT molecular complexity index is 859. The first-order valence-electron chi connectivity index (χ1n) is 10.8. The normalized spacial score (nSPS) is 19.6. The Morgan fingerprint density at radius 1 is 1.18 bits per heavy atom. The SMILES string of the molecule is CC(=O)N[C@H](C(=O)N1C[C@H](OCc2ccccc2)C[C@H]1C(=O)N[C@H](C=O)CC(=O)O)C(C)C. The Hall–Kier alpha value is -3.27. The van der Waals surface area contributed by atoms with E-state index in [2.05, 4.69) is 10.6 Å². The van der Waals surface area contributed by atoms with Crippen LogP contribution in [0.15, 0.2) is 30.3 Å². The molecular formula is C23H31N3O7. The van der Waals surface area contributed by atoms with E-state index >= 15 is 0 Å². The van der Waals surface area contributed by atoms with Gasteiger partial charge in [0.05, 0.1) is 25.2 Å². The molecule has 0 saturated carbocycles.